The number of primary amides is 1. The first kappa shape index (κ1) is 10.4. The van der Waals surface area contributed by atoms with Gasteiger partial charge in [-0.3, -0.25) is 9.69 Å². The maximum Gasteiger partial charge on any atom is 0.321 e. The first-order valence-electron chi connectivity index (χ1n) is 3.60. The van der Waals surface area contributed by atoms with E-state index in [1.807, 2.05) is 6.92 Å². The van der Waals surface area contributed by atoms with E-state index in [-0.39, 0.29) is 13.0 Å². The highest BCUT2D eigenvalue weighted by atomic mass is 16.2. The van der Waals surface area contributed by atoms with Crippen molar-refractivity contribution in [2.75, 3.05) is 6.54 Å². The third-order valence-electron chi connectivity index (χ3n) is 1.24. The van der Waals surface area contributed by atoms with Gasteiger partial charge < -0.3 is 5.73 Å². The summed E-state index contributed by atoms with van der Waals surface area (Å²) in [6.45, 7) is 2.09. The van der Waals surface area contributed by atoms with Crippen LogP contribution in [0.3, 0.4) is 0 Å². The molecule has 0 aliphatic heterocycles. The number of amides is 3. The van der Waals surface area contributed by atoms with Gasteiger partial charge in [-0.2, -0.15) is 5.26 Å². The first-order valence-corrected chi connectivity index (χ1v) is 3.60. The Morgan fingerprint density at radius 3 is 2.50 bits per heavy atom. The second kappa shape index (κ2) is 5.13. The van der Waals surface area contributed by atoms with Crippen LogP contribution in [0.1, 0.15) is 19.8 Å². The summed E-state index contributed by atoms with van der Waals surface area (Å²) in [5.41, 5.74) is 4.91. The fraction of sp³-hybridized carbons (Fsp3) is 0.571. The number of nitrogens with zero attached hydrogens (tertiary/aromatic N) is 2. The number of nitriles is 1. The molecular weight excluding hydrogens is 158 g/mol. The minimum Gasteiger partial charge on any atom is -0.351 e. The van der Waals surface area contributed by atoms with Gasteiger partial charge in [-0.05, 0) is 6.42 Å². The molecule has 0 saturated carbocycles. The molecule has 0 aromatic carbocycles. The van der Waals surface area contributed by atoms with Crippen LogP contribution in [-0.2, 0) is 4.79 Å². The van der Waals surface area contributed by atoms with Crippen molar-refractivity contribution in [1.29, 1.82) is 5.26 Å². The molecular formula is C7H11N3O2. The maximum atomic E-state index is 11.0. The highest BCUT2D eigenvalue weighted by Crippen LogP contribution is 1.95. The zero-order valence-electron chi connectivity index (χ0n) is 6.91. The van der Waals surface area contributed by atoms with Crippen LogP contribution in [0.4, 0.5) is 4.79 Å². The summed E-state index contributed by atoms with van der Waals surface area (Å²) in [7, 11) is 0. The largest absolute Gasteiger partial charge is 0.351 e. The first-order chi connectivity index (χ1) is 5.63. The predicted molar refractivity (Wildman–Crippen MR) is 41.8 cm³/mol. The molecule has 0 aromatic heterocycles. The van der Waals surface area contributed by atoms with E-state index in [0.29, 0.717) is 6.42 Å². The highest BCUT2D eigenvalue weighted by molar-refractivity contribution is 5.94. The Labute approximate surface area is 70.7 Å². The minimum atomic E-state index is -0.794. The monoisotopic (exact) mass is 169 g/mol. The van der Waals surface area contributed by atoms with Crippen LogP contribution in [0, 0.1) is 11.3 Å². The van der Waals surface area contributed by atoms with Gasteiger partial charge in [0.25, 0.3) is 0 Å². The van der Waals surface area contributed by atoms with Crippen LogP contribution in [0.5, 0.6) is 0 Å². The van der Waals surface area contributed by atoms with Gasteiger partial charge in [0.2, 0.25) is 5.91 Å². The lowest BCUT2D eigenvalue weighted by Gasteiger charge is -2.15. The van der Waals surface area contributed by atoms with E-state index in [4.69, 9.17) is 11.0 Å². The lowest BCUT2D eigenvalue weighted by Crippen LogP contribution is -2.40. The number of carbonyl (C=O) groups excluding carboxylic acids is 2. The number of nitrogens with two attached hydrogens (primary N) is 1. The molecule has 2 N–H and O–H groups in total. The fourth-order valence-corrected chi connectivity index (χ4v) is 0.744. The number of urea groups is 1. The van der Waals surface area contributed by atoms with Crippen molar-refractivity contribution in [3.63, 3.8) is 0 Å². The molecule has 0 unspecified atom stereocenters. The summed E-state index contributed by atoms with van der Waals surface area (Å²) in [5, 5.41) is 8.19. The van der Waals surface area contributed by atoms with Crippen LogP contribution in [0.2, 0.25) is 0 Å². The molecule has 66 valence electrons. The van der Waals surface area contributed by atoms with E-state index >= 15 is 0 Å². The Morgan fingerprint density at radius 2 is 2.17 bits per heavy atom. The Kier molecular flexibility index (Phi) is 4.46. The minimum absolute atomic E-state index is 0.274. The van der Waals surface area contributed by atoms with Crippen LogP contribution in [0.25, 0.3) is 0 Å². The third-order valence-corrected chi connectivity index (χ3v) is 1.24. The zero-order chi connectivity index (χ0) is 9.56. The van der Waals surface area contributed by atoms with Crippen molar-refractivity contribution >= 4 is 11.9 Å². The molecule has 0 radical (unpaired) electrons. The summed E-state index contributed by atoms with van der Waals surface area (Å²) >= 11 is 0. The Balaban J connectivity index is 4.21. The van der Waals surface area contributed by atoms with Gasteiger partial charge in [-0.15, -0.1) is 0 Å². The van der Waals surface area contributed by atoms with E-state index in [1.165, 1.54) is 0 Å². The van der Waals surface area contributed by atoms with Gasteiger partial charge in [-0.1, -0.05) is 6.92 Å². The van der Waals surface area contributed by atoms with Crippen LogP contribution >= 0.6 is 0 Å². The van der Waals surface area contributed by atoms with E-state index in [9.17, 15) is 9.59 Å². The number of imide groups is 1. The predicted octanol–water partition coefficient (Wildman–Crippen LogP) is 0.217. The SMILES string of the molecule is CCCN(C(N)=O)C(=O)CC#N. The summed E-state index contributed by atoms with van der Waals surface area (Å²) in [6, 6.07) is 0.868. The molecule has 3 amide bonds. The molecule has 0 heterocycles. The van der Waals surface area contributed by atoms with Gasteiger partial charge in [0.15, 0.2) is 0 Å². The normalized spacial score (nSPS) is 8.67. The Hall–Kier alpha value is -1.57. The second-order valence-corrected chi connectivity index (χ2v) is 2.22. The molecule has 0 saturated heterocycles. The van der Waals surface area contributed by atoms with Crippen LogP contribution in [-0.4, -0.2) is 23.4 Å². The van der Waals surface area contributed by atoms with Crippen molar-refractivity contribution in [2.24, 2.45) is 5.73 Å². The number of hydrogen-bond acceptors (Lipinski definition) is 3. The zero-order valence-corrected chi connectivity index (χ0v) is 6.91. The lowest BCUT2D eigenvalue weighted by molar-refractivity contribution is -0.127. The lowest BCUT2D eigenvalue weighted by atomic mass is 10.3. The standard InChI is InChI=1S/C7H11N3O2/c1-2-5-10(7(9)12)6(11)3-4-8/h2-3,5H2,1H3,(H2,9,12). The molecule has 0 aliphatic carbocycles. The summed E-state index contributed by atoms with van der Waals surface area (Å²) < 4.78 is 0. The summed E-state index contributed by atoms with van der Waals surface area (Å²) in [6.07, 6.45) is 0.336. The average Bonchev–Trinajstić information content (AvgIpc) is 1.99. The molecule has 0 aromatic rings. The maximum absolute atomic E-state index is 11.0. The Morgan fingerprint density at radius 1 is 1.58 bits per heavy atom. The average molecular weight is 169 g/mol. The van der Waals surface area contributed by atoms with Gasteiger partial charge in [-0.25, -0.2) is 4.79 Å². The van der Waals surface area contributed by atoms with E-state index in [1.54, 1.807) is 6.07 Å². The number of hydrogen-bond donors (Lipinski definition) is 1. The van der Waals surface area contributed by atoms with Crippen molar-refractivity contribution in [2.45, 2.75) is 19.8 Å². The molecule has 0 aliphatic rings. The quantitative estimate of drug-likeness (QED) is 0.655. The van der Waals surface area contributed by atoms with Gasteiger partial charge in [0, 0.05) is 6.54 Å². The smallest absolute Gasteiger partial charge is 0.321 e. The molecule has 0 atom stereocenters. The Bertz CT molecular complexity index is 219. The number of carbonyl (C=O) groups is 2. The third kappa shape index (κ3) is 3.01. The fourth-order valence-electron chi connectivity index (χ4n) is 0.744. The molecule has 0 fully saturated rings. The molecule has 0 spiro atoms. The molecule has 12 heavy (non-hydrogen) atoms. The summed E-state index contributed by atoms with van der Waals surface area (Å²) in [4.78, 5) is 22.5. The molecule has 5 nitrogen and oxygen atoms in total. The van der Waals surface area contributed by atoms with E-state index < -0.39 is 11.9 Å². The van der Waals surface area contributed by atoms with Crippen molar-refractivity contribution in [3.05, 3.63) is 0 Å². The molecule has 5 heteroatoms. The van der Waals surface area contributed by atoms with Gasteiger partial charge in [0.05, 0.1) is 6.07 Å². The van der Waals surface area contributed by atoms with Crippen molar-refractivity contribution in [3.8, 4) is 6.07 Å². The molecule has 0 rings (SSSR count). The number of rotatable bonds is 3. The summed E-state index contributed by atoms with van der Waals surface area (Å²) in [5.74, 6) is -0.535. The van der Waals surface area contributed by atoms with Gasteiger partial charge in [0.1, 0.15) is 6.42 Å². The highest BCUT2D eigenvalue weighted by Gasteiger charge is 2.16. The van der Waals surface area contributed by atoms with Gasteiger partial charge >= 0.3 is 6.03 Å². The van der Waals surface area contributed by atoms with E-state index in [2.05, 4.69) is 0 Å². The van der Waals surface area contributed by atoms with Crippen LogP contribution in [0.15, 0.2) is 0 Å². The van der Waals surface area contributed by atoms with E-state index in [0.717, 1.165) is 4.90 Å². The van der Waals surface area contributed by atoms with Crippen molar-refractivity contribution in [1.82, 2.24) is 4.90 Å². The van der Waals surface area contributed by atoms with Crippen LogP contribution < -0.4 is 5.73 Å². The topological polar surface area (TPSA) is 87.2 Å². The molecule has 0 bridgehead atoms. The second-order valence-electron chi connectivity index (χ2n) is 2.22. The van der Waals surface area contributed by atoms with Crippen molar-refractivity contribution < 1.29 is 9.59 Å².